The van der Waals surface area contributed by atoms with E-state index in [0.717, 1.165) is 11.4 Å². The summed E-state index contributed by atoms with van der Waals surface area (Å²) in [6.45, 7) is 5.11. The van der Waals surface area contributed by atoms with Crippen LogP contribution in [0.5, 0.6) is 0 Å². The first-order chi connectivity index (χ1) is 11.8. The third-order valence-electron chi connectivity index (χ3n) is 4.94. The van der Waals surface area contributed by atoms with Gasteiger partial charge >= 0.3 is 0 Å². The van der Waals surface area contributed by atoms with Gasteiger partial charge in [0.25, 0.3) is 0 Å². The maximum atomic E-state index is 12.3. The van der Waals surface area contributed by atoms with Crippen molar-refractivity contribution in [2.45, 2.75) is 19.9 Å². The zero-order chi connectivity index (χ0) is 18.2. The van der Waals surface area contributed by atoms with Crippen molar-refractivity contribution >= 4 is 10.0 Å². The zero-order valence-corrected chi connectivity index (χ0v) is 16.0. The van der Waals surface area contributed by atoms with Crippen molar-refractivity contribution in [2.75, 3.05) is 33.1 Å². The van der Waals surface area contributed by atoms with Crippen LogP contribution in [0.25, 0.3) is 11.4 Å². The van der Waals surface area contributed by atoms with Gasteiger partial charge in [0.2, 0.25) is 10.0 Å². The van der Waals surface area contributed by atoms with E-state index in [1.807, 2.05) is 6.20 Å². The van der Waals surface area contributed by atoms with Crippen molar-refractivity contribution in [3.05, 3.63) is 41.7 Å². The molecule has 0 spiro atoms. The minimum atomic E-state index is -3.28. The Morgan fingerprint density at radius 3 is 2.68 bits per heavy atom. The highest BCUT2D eigenvalue weighted by molar-refractivity contribution is 7.89. The van der Waals surface area contributed by atoms with Gasteiger partial charge in [0.05, 0.1) is 25.0 Å². The molecule has 0 amide bonds. The first-order valence-corrected chi connectivity index (χ1v) is 9.99. The summed E-state index contributed by atoms with van der Waals surface area (Å²) in [6.07, 6.45) is 3.68. The van der Waals surface area contributed by atoms with E-state index in [2.05, 4.69) is 41.6 Å². The second kappa shape index (κ2) is 6.90. The number of benzene rings is 1. The molecule has 25 heavy (non-hydrogen) atoms. The molecular formula is C18H25N3O3S. The number of nitrogens with zero attached hydrogens (tertiary/aromatic N) is 3. The van der Waals surface area contributed by atoms with Crippen molar-refractivity contribution in [3.63, 3.8) is 0 Å². The van der Waals surface area contributed by atoms with Crippen molar-refractivity contribution in [2.24, 2.45) is 5.92 Å². The average Bonchev–Trinajstić information content (AvgIpc) is 3.18. The fourth-order valence-corrected chi connectivity index (χ4v) is 4.32. The molecule has 1 aromatic heterocycles. The second-order valence-corrected chi connectivity index (χ2v) is 9.11. The summed E-state index contributed by atoms with van der Waals surface area (Å²) in [4.78, 5) is 4.52. The monoisotopic (exact) mass is 363 g/mol. The Balaban J connectivity index is 1.92. The Labute approximate surface area is 149 Å². The van der Waals surface area contributed by atoms with Crippen LogP contribution in [-0.4, -0.2) is 55.3 Å². The lowest BCUT2D eigenvalue weighted by Crippen LogP contribution is -2.32. The fraction of sp³-hybridized carbons (Fsp3) is 0.500. The van der Waals surface area contributed by atoms with Gasteiger partial charge < -0.3 is 9.30 Å². The highest BCUT2D eigenvalue weighted by Crippen LogP contribution is 2.32. The minimum Gasteiger partial charge on any atom is -0.379 e. The molecule has 0 unspecified atom stereocenters. The number of imidazole rings is 1. The molecule has 2 aromatic rings. The molecule has 1 fully saturated rings. The molecule has 3 rings (SSSR count). The average molecular weight is 363 g/mol. The van der Waals surface area contributed by atoms with Crippen LogP contribution in [0, 0.1) is 19.8 Å². The van der Waals surface area contributed by atoms with Crippen LogP contribution in [0.1, 0.15) is 17.2 Å². The number of sulfonamides is 1. The SMILES string of the molecule is Cc1ccc(-c2nccn2[C@@H]2COC[C@@H]2CS(=O)(=O)N(C)C)cc1C. The molecule has 1 aliphatic rings. The third kappa shape index (κ3) is 3.63. The maximum Gasteiger partial charge on any atom is 0.214 e. The lowest BCUT2D eigenvalue weighted by molar-refractivity contribution is 0.182. The molecule has 1 aromatic carbocycles. The quantitative estimate of drug-likeness (QED) is 0.817. The molecule has 1 aliphatic heterocycles. The number of rotatable bonds is 5. The smallest absolute Gasteiger partial charge is 0.214 e. The van der Waals surface area contributed by atoms with Crippen LogP contribution in [0.2, 0.25) is 0 Å². The third-order valence-corrected chi connectivity index (χ3v) is 6.90. The summed E-state index contributed by atoms with van der Waals surface area (Å²) < 4.78 is 33.5. The van der Waals surface area contributed by atoms with Gasteiger partial charge in [-0.25, -0.2) is 17.7 Å². The van der Waals surface area contributed by atoms with E-state index in [9.17, 15) is 8.42 Å². The Hall–Kier alpha value is -1.70. The van der Waals surface area contributed by atoms with E-state index < -0.39 is 10.0 Å². The summed E-state index contributed by atoms with van der Waals surface area (Å²) >= 11 is 0. The molecule has 2 heterocycles. The topological polar surface area (TPSA) is 64.4 Å². The Bertz CT molecular complexity index is 858. The molecule has 6 nitrogen and oxygen atoms in total. The lowest BCUT2D eigenvalue weighted by atomic mass is 10.0. The first kappa shape index (κ1) is 18.1. The van der Waals surface area contributed by atoms with Gasteiger partial charge in [0.15, 0.2) is 0 Å². The molecule has 0 saturated carbocycles. The van der Waals surface area contributed by atoms with Crippen LogP contribution in [0.3, 0.4) is 0 Å². The summed E-state index contributed by atoms with van der Waals surface area (Å²) in [6, 6.07) is 6.23. The van der Waals surface area contributed by atoms with E-state index in [-0.39, 0.29) is 17.7 Å². The molecular weight excluding hydrogens is 338 g/mol. The molecule has 0 radical (unpaired) electrons. The molecule has 7 heteroatoms. The first-order valence-electron chi connectivity index (χ1n) is 8.38. The fourth-order valence-electron chi connectivity index (χ4n) is 3.16. The number of aryl methyl sites for hydroxylation is 2. The Morgan fingerprint density at radius 2 is 2.00 bits per heavy atom. The van der Waals surface area contributed by atoms with Gasteiger partial charge in [-0.1, -0.05) is 12.1 Å². The summed E-state index contributed by atoms with van der Waals surface area (Å²) in [7, 11) is -0.141. The van der Waals surface area contributed by atoms with Crippen LogP contribution in [-0.2, 0) is 14.8 Å². The molecule has 0 aliphatic carbocycles. The molecule has 0 N–H and O–H groups in total. The number of ether oxygens (including phenoxy) is 1. The van der Waals surface area contributed by atoms with Gasteiger partial charge in [-0.05, 0) is 31.0 Å². The van der Waals surface area contributed by atoms with E-state index in [4.69, 9.17) is 4.74 Å². The molecule has 0 bridgehead atoms. The lowest BCUT2D eigenvalue weighted by Gasteiger charge is -2.22. The van der Waals surface area contributed by atoms with Gasteiger partial charge in [-0.15, -0.1) is 0 Å². The van der Waals surface area contributed by atoms with Crippen LogP contribution >= 0.6 is 0 Å². The highest BCUT2D eigenvalue weighted by Gasteiger charge is 2.35. The van der Waals surface area contributed by atoms with Gasteiger partial charge in [0.1, 0.15) is 5.82 Å². The van der Waals surface area contributed by atoms with E-state index in [1.165, 1.54) is 15.4 Å². The normalized spacial score (nSPS) is 21.2. The van der Waals surface area contributed by atoms with Gasteiger partial charge in [-0.3, -0.25) is 0 Å². The van der Waals surface area contributed by atoms with Gasteiger partial charge in [-0.2, -0.15) is 0 Å². The van der Waals surface area contributed by atoms with Crippen molar-refractivity contribution in [3.8, 4) is 11.4 Å². The predicted molar refractivity (Wildman–Crippen MR) is 98.0 cm³/mol. The minimum absolute atomic E-state index is 0.0335. The van der Waals surface area contributed by atoms with Crippen molar-refractivity contribution in [1.29, 1.82) is 0 Å². The summed E-state index contributed by atoms with van der Waals surface area (Å²) in [5.74, 6) is 0.840. The Morgan fingerprint density at radius 1 is 1.24 bits per heavy atom. The van der Waals surface area contributed by atoms with E-state index >= 15 is 0 Å². The second-order valence-electron chi connectivity index (χ2n) is 6.88. The van der Waals surface area contributed by atoms with Crippen molar-refractivity contribution in [1.82, 2.24) is 13.9 Å². The van der Waals surface area contributed by atoms with Gasteiger partial charge in [0, 0.05) is 38.0 Å². The van der Waals surface area contributed by atoms with Crippen LogP contribution < -0.4 is 0 Å². The number of hydrogen-bond acceptors (Lipinski definition) is 4. The number of aromatic nitrogens is 2. The highest BCUT2D eigenvalue weighted by atomic mass is 32.2. The van der Waals surface area contributed by atoms with Crippen LogP contribution in [0.4, 0.5) is 0 Å². The van der Waals surface area contributed by atoms with Crippen LogP contribution in [0.15, 0.2) is 30.6 Å². The largest absolute Gasteiger partial charge is 0.379 e. The maximum absolute atomic E-state index is 12.3. The standard InChI is InChI=1S/C18H25N3O3S/c1-13-5-6-15(9-14(13)2)18-19-7-8-21(18)17-11-24-10-16(17)12-25(22,23)20(3)4/h5-9,16-17H,10-12H2,1-4H3/t16-,17-/m1/s1. The van der Waals surface area contributed by atoms with E-state index in [0.29, 0.717) is 13.2 Å². The summed E-state index contributed by atoms with van der Waals surface area (Å²) in [5.41, 5.74) is 3.48. The molecule has 1 saturated heterocycles. The van der Waals surface area contributed by atoms with E-state index in [1.54, 1.807) is 20.3 Å². The zero-order valence-electron chi connectivity index (χ0n) is 15.1. The molecule has 136 valence electrons. The number of hydrogen-bond donors (Lipinski definition) is 0. The summed E-state index contributed by atoms with van der Waals surface area (Å²) in [5, 5.41) is 0. The van der Waals surface area contributed by atoms with Crippen molar-refractivity contribution < 1.29 is 13.2 Å². The molecule has 2 atom stereocenters. The Kier molecular flexibility index (Phi) is 4.99. The predicted octanol–water partition coefficient (Wildman–Crippen LogP) is 2.25.